The van der Waals surface area contributed by atoms with Crippen molar-refractivity contribution in [2.75, 3.05) is 27.2 Å². The molecular weight excluding hydrogens is 186 g/mol. The fourth-order valence-electron chi connectivity index (χ4n) is 0.863. The first-order chi connectivity index (χ1) is 7.20. The van der Waals surface area contributed by atoms with Crippen molar-refractivity contribution in [3.05, 3.63) is 30.3 Å². The van der Waals surface area contributed by atoms with Gasteiger partial charge in [0.1, 0.15) is 12.4 Å². The SMILES string of the molecule is CCC.CN(C)CCOc1ccccc1. The number of hydrogen-bond acceptors (Lipinski definition) is 2. The molecule has 0 unspecified atom stereocenters. The van der Waals surface area contributed by atoms with Crippen LogP contribution in [0.2, 0.25) is 0 Å². The largest absolute Gasteiger partial charge is 0.492 e. The summed E-state index contributed by atoms with van der Waals surface area (Å²) in [4.78, 5) is 2.10. The zero-order chi connectivity index (χ0) is 11.5. The number of rotatable bonds is 4. The highest BCUT2D eigenvalue weighted by molar-refractivity contribution is 5.20. The van der Waals surface area contributed by atoms with Gasteiger partial charge >= 0.3 is 0 Å². The van der Waals surface area contributed by atoms with Gasteiger partial charge in [-0.15, -0.1) is 0 Å². The van der Waals surface area contributed by atoms with Crippen LogP contribution in [0.4, 0.5) is 0 Å². The van der Waals surface area contributed by atoms with Gasteiger partial charge < -0.3 is 9.64 Å². The van der Waals surface area contributed by atoms with Gasteiger partial charge in [0.2, 0.25) is 0 Å². The van der Waals surface area contributed by atoms with Crippen LogP contribution in [0.1, 0.15) is 20.3 Å². The van der Waals surface area contributed by atoms with E-state index in [0.717, 1.165) is 18.9 Å². The average Bonchev–Trinajstić information content (AvgIpc) is 2.20. The van der Waals surface area contributed by atoms with Crippen molar-refractivity contribution in [1.29, 1.82) is 0 Å². The summed E-state index contributed by atoms with van der Waals surface area (Å²) >= 11 is 0. The predicted molar refractivity (Wildman–Crippen MR) is 66.5 cm³/mol. The molecule has 0 aromatic heterocycles. The topological polar surface area (TPSA) is 12.5 Å². The van der Waals surface area contributed by atoms with Gasteiger partial charge in [0.05, 0.1) is 0 Å². The Hall–Kier alpha value is -1.02. The second-order valence-electron chi connectivity index (χ2n) is 3.67. The smallest absolute Gasteiger partial charge is 0.119 e. The summed E-state index contributed by atoms with van der Waals surface area (Å²) in [5.41, 5.74) is 0. The molecule has 1 aromatic rings. The van der Waals surface area contributed by atoms with Crippen LogP contribution in [-0.4, -0.2) is 32.1 Å². The van der Waals surface area contributed by atoms with Crippen molar-refractivity contribution in [3.8, 4) is 5.75 Å². The molecule has 86 valence electrons. The molecule has 1 aromatic carbocycles. The van der Waals surface area contributed by atoms with Crippen molar-refractivity contribution in [1.82, 2.24) is 4.90 Å². The first-order valence-electron chi connectivity index (χ1n) is 5.53. The first-order valence-corrected chi connectivity index (χ1v) is 5.53. The summed E-state index contributed by atoms with van der Waals surface area (Å²) in [7, 11) is 4.07. The minimum Gasteiger partial charge on any atom is -0.492 e. The van der Waals surface area contributed by atoms with E-state index in [0.29, 0.717) is 0 Å². The molecule has 2 heteroatoms. The highest BCUT2D eigenvalue weighted by Gasteiger charge is 1.91. The Morgan fingerprint density at radius 2 is 1.60 bits per heavy atom. The van der Waals surface area contributed by atoms with E-state index in [4.69, 9.17) is 4.74 Å². The monoisotopic (exact) mass is 209 g/mol. The first kappa shape index (κ1) is 14.0. The van der Waals surface area contributed by atoms with E-state index in [1.54, 1.807) is 0 Å². The Balaban J connectivity index is 0.000000583. The third kappa shape index (κ3) is 9.29. The number of benzene rings is 1. The maximum absolute atomic E-state index is 5.48. The molecule has 0 aliphatic carbocycles. The number of para-hydroxylation sites is 1. The van der Waals surface area contributed by atoms with Crippen LogP contribution in [0.5, 0.6) is 5.75 Å². The molecule has 0 bridgehead atoms. The summed E-state index contributed by atoms with van der Waals surface area (Å²) in [5, 5.41) is 0. The van der Waals surface area contributed by atoms with E-state index in [2.05, 4.69) is 18.7 Å². The lowest BCUT2D eigenvalue weighted by Gasteiger charge is -2.10. The molecule has 2 nitrogen and oxygen atoms in total. The third-order valence-corrected chi connectivity index (χ3v) is 1.55. The highest BCUT2D eigenvalue weighted by Crippen LogP contribution is 2.07. The van der Waals surface area contributed by atoms with Gasteiger partial charge in [0.25, 0.3) is 0 Å². The van der Waals surface area contributed by atoms with Crippen LogP contribution >= 0.6 is 0 Å². The number of nitrogens with zero attached hydrogens (tertiary/aromatic N) is 1. The van der Waals surface area contributed by atoms with Crippen molar-refractivity contribution in [2.45, 2.75) is 20.3 Å². The zero-order valence-corrected chi connectivity index (χ0v) is 10.4. The Morgan fingerprint density at radius 1 is 1.07 bits per heavy atom. The van der Waals surface area contributed by atoms with Gasteiger partial charge in [0, 0.05) is 6.54 Å². The fourth-order valence-corrected chi connectivity index (χ4v) is 0.863. The van der Waals surface area contributed by atoms with Gasteiger partial charge in [-0.3, -0.25) is 0 Å². The molecule has 0 atom stereocenters. The molecule has 0 aliphatic heterocycles. The molecule has 0 radical (unpaired) electrons. The highest BCUT2D eigenvalue weighted by atomic mass is 16.5. The van der Waals surface area contributed by atoms with E-state index in [1.807, 2.05) is 44.4 Å². The predicted octanol–water partition coefficient (Wildman–Crippen LogP) is 3.04. The minimum absolute atomic E-state index is 0.747. The molecule has 0 N–H and O–H groups in total. The van der Waals surface area contributed by atoms with Gasteiger partial charge in [-0.05, 0) is 26.2 Å². The van der Waals surface area contributed by atoms with Crippen LogP contribution in [0, 0.1) is 0 Å². The quantitative estimate of drug-likeness (QED) is 0.755. The average molecular weight is 209 g/mol. The van der Waals surface area contributed by atoms with Crippen molar-refractivity contribution in [3.63, 3.8) is 0 Å². The van der Waals surface area contributed by atoms with E-state index in [1.165, 1.54) is 6.42 Å². The molecule has 0 saturated heterocycles. The molecular formula is C13H23NO. The summed E-state index contributed by atoms with van der Waals surface area (Å²) in [6.45, 7) is 5.95. The Labute approximate surface area is 93.9 Å². The summed E-state index contributed by atoms with van der Waals surface area (Å²) in [6.07, 6.45) is 1.25. The van der Waals surface area contributed by atoms with Crippen LogP contribution in [0.15, 0.2) is 30.3 Å². The van der Waals surface area contributed by atoms with E-state index in [9.17, 15) is 0 Å². The third-order valence-electron chi connectivity index (χ3n) is 1.55. The maximum atomic E-state index is 5.48. The molecule has 15 heavy (non-hydrogen) atoms. The molecule has 0 saturated carbocycles. The standard InChI is InChI=1S/C10H15NO.C3H8/c1-11(2)8-9-12-10-6-4-3-5-7-10;1-3-2/h3-7H,8-9H2,1-2H3;3H2,1-2H3. The maximum Gasteiger partial charge on any atom is 0.119 e. The van der Waals surface area contributed by atoms with Crippen LogP contribution in [0.3, 0.4) is 0 Å². The Bertz CT molecular complexity index is 221. The summed E-state index contributed by atoms with van der Waals surface area (Å²) < 4.78 is 5.48. The fraction of sp³-hybridized carbons (Fsp3) is 0.538. The molecule has 0 amide bonds. The second-order valence-corrected chi connectivity index (χ2v) is 3.67. The molecule has 0 spiro atoms. The van der Waals surface area contributed by atoms with Gasteiger partial charge in [-0.25, -0.2) is 0 Å². The van der Waals surface area contributed by atoms with Crippen LogP contribution in [-0.2, 0) is 0 Å². The lowest BCUT2D eigenvalue weighted by molar-refractivity contribution is 0.261. The van der Waals surface area contributed by atoms with Gasteiger partial charge in [-0.1, -0.05) is 38.5 Å². The second kappa shape index (κ2) is 9.53. The number of likely N-dealkylation sites (N-methyl/N-ethyl adjacent to an activating group) is 1. The van der Waals surface area contributed by atoms with Gasteiger partial charge in [0.15, 0.2) is 0 Å². The van der Waals surface area contributed by atoms with E-state index < -0.39 is 0 Å². The summed E-state index contributed by atoms with van der Waals surface area (Å²) in [6, 6.07) is 9.88. The van der Waals surface area contributed by atoms with E-state index >= 15 is 0 Å². The Morgan fingerprint density at radius 3 is 2.07 bits per heavy atom. The number of ether oxygens (including phenoxy) is 1. The summed E-state index contributed by atoms with van der Waals surface area (Å²) in [5.74, 6) is 0.944. The molecule has 0 aliphatic rings. The molecule has 1 rings (SSSR count). The van der Waals surface area contributed by atoms with Crippen LogP contribution < -0.4 is 4.74 Å². The van der Waals surface area contributed by atoms with Gasteiger partial charge in [-0.2, -0.15) is 0 Å². The number of hydrogen-bond donors (Lipinski definition) is 0. The van der Waals surface area contributed by atoms with Crippen molar-refractivity contribution in [2.24, 2.45) is 0 Å². The zero-order valence-electron chi connectivity index (χ0n) is 10.4. The minimum atomic E-state index is 0.747. The molecule has 0 heterocycles. The molecule has 0 fully saturated rings. The normalized spacial score (nSPS) is 9.40. The Kier molecular flexibility index (Phi) is 8.88. The lowest BCUT2D eigenvalue weighted by atomic mass is 10.3. The van der Waals surface area contributed by atoms with Crippen molar-refractivity contribution >= 4 is 0 Å². The lowest BCUT2D eigenvalue weighted by Crippen LogP contribution is -2.19. The van der Waals surface area contributed by atoms with E-state index in [-0.39, 0.29) is 0 Å². The van der Waals surface area contributed by atoms with Crippen LogP contribution in [0.25, 0.3) is 0 Å². The van der Waals surface area contributed by atoms with Crippen molar-refractivity contribution < 1.29 is 4.74 Å².